The van der Waals surface area contributed by atoms with E-state index in [-0.39, 0.29) is 18.0 Å². The van der Waals surface area contributed by atoms with Gasteiger partial charge in [0.25, 0.3) is 5.91 Å². The largest absolute Gasteiger partial charge is 0.457 e. The highest BCUT2D eigenvalue weighted by atomic mass is 32.1. The third kappa shape index (κ3) is 3.46. The minimum atomic E-state index is -0.322. The molecule has 0 bridgehead atoms. The summed E-state index contributed by atoms with van der Waals surface area (Å²) in [6.45, 7) is 3.44. The topological polar surface area (TPSA) is 95.6 Å². The number of amides is 3. The zero-order chi connectivity index (χ0) is 23.2. The number of hydrogen-bond donors (Lipinski definition) is 3. The van der Waals surface area contributed by atoms with Gasteiger partial charge in [0, 0.05) is 19.3 Å². The number of nitrogens with one attached hydrogen (secondary N) is 3. The summed E-state index contributed by atoms with van der Waals surface area (Å²) in [4.78, 5) is 33.5. The second kappa shape index (κ2) is 8.12. The van der Waals surface area contributed by atoms with Gasteiger partial charge in [-0.2, -0.15) is 0 Å². The Morgan fingerprint density at radius 3 is 2.68 bits per heavy atom. The normalized spacial score (nSPS) is 15.1. The lowest BCUT2D eigenvalue weighted by Crippen LogP contribution is -2.56. The van der Waals surface area contributed by atoms with Crippen LogP contribution in [0.25, 0.3) is 10.2 Å². The summed E-state index contributed by atoms with van der Waals surface area (Å²) in [5, 5.41) is 9.86. The van der Waals surface area contributed by atoms with Gasteiger partial charge in [-0.1, -0.05) is 18.2 Å². The maximum Gasteiger partial charge on any atom is 0.331 e. The van der Waals surface area contributed by atoms with Gasteiger partial charge >= 0.3 is 6.03 Å². The first-order valence-corrected chi connectivity index (χ1v) is 11.8. The minimum Gasteiger partial charge on any atom is -0.457 e. The van der Waals surface area contributed by atoms with E-state index in [9.17, 15) is 9.59 Å². The van der Waals surface area contributed by atoms with Gasteiger partial charge < -0.3 is 20.7 Å². The van der Waals surface area contributed by atoms with Crippen LogP contribution in [-0.2, 0) is 0 Å². The van der Waals surface area contributed by atoms with Gasteiger partial charge in [-0.05, 0) is 48.9 Å². The number of thiophene rings is 1. The van der Waals surface area contributed by atoms with Gasteiger partial charge in [0.1, 0.15) is 21.2 Å². The second-order valence-electron chi connectivity index (χ2n) is 8.27. The molecule has 34 heavy (non-hydrogen) atoms. The van der Waals surface area contributed by atoms with Crippen LogP contribution < -0.4 is 25.6 Å². The first kappa shape index (κ1) is 20.6. The SMILES string of the molecule is Cc1cc(Oc2ccccc2)ccc1N1C(=O)Nc2c(C(=O)NC3CNC3)sc3nccc1c23. The molecule has 170 valence electrons. The molecule has 0 radical (unpaired) electrons. The van der Waals surface area contributed by atoms with Crippen molar-refractivity contribution in [2.75, 3.05) is 23.3 Å². The Balaban J connectivity index is 1.37. The highest BCUT2D eigenvalue weighted by Gasteiger charge is 2.34. The average molecular weight is 472 g/mol. The monoisotopic (exact) mass is 471 g/mol. The molecule has 9 heteroatoms. The van der Waals surface area contributed by atoms with Crippen LogP contribution in [0.15, 0.2) is 60.8 Å². The van der Waals surface area contributed by atoms with Crippen molar-refractivity contribution in [3.05, 3.63) is 71.2 Å². The summed E-state index contributed by atoms with van der Waals surface area (Å²) in [6.07, 6.45) is 1.67. The third-order valence-corrected chi connectivity index (χ3v) is 7.05. The number of aryl methyl sites for hydroxylation is 1. The van der Waals surface area contributed by atoms with E-state index in [4.69, 9.17) is 4.74 Å². The zero-order valence-electron chi connectivity index (χ0n) is 18.3. The van der Waals surface area contributed by atoms with E-state index in [1.165, 1.54) is 11.3 Å². The lowest BCUT2D eigenvalue weighted by molar-refractivity contribution is 0.0929. The Morgan fingerprint density at radius 1 is 1.12 bits per heavy atom. The van der Waals surface area contributed by atoms with Crippen LogP contribution in [-0.4, -0.2) is 36.1 Å². The summed E-state index contributed by atoms with van der Waals surface area (Å²) in [5.41, 5.74) is 2.83. The van der Waals surface area contributed by atoms with Crippen molar-refractivity contribution >= 4 is 50.6 Å². The van der Waals surface area contributed by atoms with Crippen LogP contribution in [0.1, 0.15) is 15.2 Å². The number of hydrogen-bond acceptors (Lipinski definition) is 6. The summed E-state index contributed by atoms with van der Waals surface area (Å²) in [5.74, 6) is 1.24. The molecule has 1 saturated heterocycles. The van der Waals surface area contributed by atoms with Crippen molar-refractivity contribution in [2.45, 2.75) is 13.0 Å². The van der Waals surface area contributed by atoms with Crippen LogP contribution in [0.3, 0.4) is 0 Å². The number of rotatable bonds is 5. The van der Waals surface area contributed by atoms with Crippen molar-refractivity contribution in [2.24, 2.45) is 0 Å². The first-order valence-electron chi connectivity index (χ1n) is 11.0. The van der Waals surface area contributed by atoms with E-state index in [0.717, 1.165) is 35.5 Å². The number of urea groups is 1. The molecule has 3 amide bonds. The van der Waals surface area contributed by atoms with Crippen molar-refractivity contribution in [1.82, 2.24) is 15.6 Å². The zero-order valence-corrected chi connectivity index (χ0v) is 19.1. The number of nitrogens with zero attached hydrogens (tertiary/aromatic N) is 2. The Labute approximate surface area is 199 Å². The number of anilines is 3. The van der Waals surface area contributed by atoms with Crippen LogP contribution in [0, 0.1) is 6.92 Å². The van der Waals surface area contributed by atoms with Gasteiger partial charge in [-0.25, -0.2) is 9.78 Å². The molecule has 8 nitrogen and oxygen atoms in total. The van der Waals surface area contributed by atoms with Crippen molar-refractivity contribution in [3.8, 4) is 11.5 Å². The molecule has 1 fully saturated rings. The van der Waals surface area contributed by atoms with Gasteiger partial charge in [0.2, 0.25) is 0 Å². The molecule has 0 aliphatic carbocycles. The Bertz CT molecular complexity index is 1430. The molecule has 0 saturated carbocycles. The maximum absolute atomic E-state index is 13.3. The van der Waals surface area contributed by atoms with E-state index in [1.807, 2.05) is 61.5 Å². The van der Waals surface area contributed by atoms with E-state index in [2.05, 4.69) is 20.9 Å². The number of para-hydroxylation sites is 1. The Kier molecular flexibility index (Phi) is 4.93. The molecule has 4 heterocycles. The molecule has 2 aliphatic heterocycles. The highest BCUT2D eigenvalue weighted by molar-refractivity contribution is 7.21. The molecular weight excluding hydrogens is 450 g/mol. The number of ether oxygens (including phenoxy) is 1. The summed E-state index contributed by atoms with van der Waals surface area (Å²) >= 11 is 1.29. The summed E-state index contributed by atoms with van der Waals surface area (Å²) < 4.78 is 5.94. The fourth-order valence-electron chi connectivity index (χ4n) is 4.19. The minimum absolute atomic E-state index is 0.104. The number of carbonyl (C=O) groups excluding carboxylic acids is 2. The Morgan fingerprint density at radius 2 is 1.94 bits per heavy atom. The molecule has 2 aliphatic rings. The molecule has 2 aromatic heterocycles. The molecule has 3 N–H and O–H groups in total. The summed E-state index contributed by atoms with van der Waals surface area (Å²) in [6, 6.07) is 16.8. The molecule has 0 unspecified atom stereocenters. The summed E-state index contributed by atoms with van der Waals surface area (Å²) in [7, 11) is 0. The van der Waals surface area contributed by atoms with Crippen LogP contribution in [0.4, 0.5) is 21.9 Å². The molecule has 0 spiro atoms. The van der Waals surface area contributed by atoms with Gasteiger partial charge in [0.05, 0.1) is 28.5 Å². The molecule has 6 rings (SSSR count). The highest BCUT2D eigenvalue weighted by Crippen LogP contribution is 2.46. The van der Waals surface area contributed by atoms with Gasteiger partial charge in [-0.15, -0.1) is 11.3 Å². The Hall–Kier alpha value is -3.95. The molecular formula is C25H21N5O3S. The first-order chi connectivity index (χ1) is 16.6. The molecule has 0 atom stereocenters. The van der Waals surface area contributed by atoms with Crippen LogP contribution in [0.5, 0.6) is 11.5 Å². The fraction of sp³-hybridized carbons (Fsp3) is 0.160. The molecule has 2 aromatic carbocycles. The lowest BCUT2D eigenvalue weighted by Gasteiger charge is -2.30. The fourth-order valence-corrected chi connectivity index (χ4v) is 5.21. The number of benzene rings is 2. The number of carbonyl (C=O) groups is 2. The van der Waals surface area contributed by atoms with E-state index in [0.29, 0.717) is 26.8 Å². The quantitative estimate of drug-likeness (QED) is 0.389. The third-order valence-electron chi connectivity index (χ3n) is 5.96. The standard InChI is InChI=1S/C25H21N5O3S/c1-14-11-17(33-16-5-3-2-4-6-16)7-8-18(14)30-19-9-10-27-24-20(19)21(29-25(30)32)22(34-24)23(31)28-15-12-26-13-15/h2-11,15,26H,12-13H2,1H3,(H,28,31)(H,29,32). The molecule has 4 aromatic rings. The lowest BCUT2D eigenvalue weighted by atomic mass is 10.1. The van der Waals surface area contributed by atoms with Crippen LogP contribution in [0.2, 0.25) is 0 Å². The van der Waals surface area contributed by atoms with Crippen molar-refractivity contribution in [3.63, 3.8) is 0 Å². The maximum atomic E-state index is 13.3. The van der Waals surface area contributed by atoms with Crippen molar-refractivity contribution < 1.29 is 14.3 Å². The second-order valence-corrected chi connectivity index (χ2v) is 9.27. The van der Waals surface area contributed by atoms with E-state index in [1.54, 1.807) is 11.1 Å². The van der Waals surface area contributed by atoms with E-state index >= 15 is 0 Å². The van der Waals surface area contributed by atoms with Gasteiger partial charge in [0.15, 0.2) is 0 Å². The average Bonchev–Trinajstić information content (AvgIpc) is 3.18. The predicted octanol–water partition coefficient (Wildman–Crippen LogP) is 4.78. The number of pyridine rings is 1. The van der Waals surface area contributed by atoms with E-state index < -0.39 is 0 Å². The van der Waals surface area contributed by atoms with Crippen LogP contribution >= 0.6 is 11.3 Å². The predicted molar refractivity (Wildman–Crippen MR) is 133 cm³/mol. The van der Waals surface area contributed by atoms with Gasteiger partial charge in [-0.3, -0.25) is 9.69 Å². The van der Waals surface area contributed by atoms with Crippen molar-refractivity contribution in [1.29, 1.82) is 0 Å². The number of aromatic nitrogens is 1. The smallest absolute Gasteiger partial charge is 0.331 e.